The van der Waals surface area contributed by atoms with Crippen LogP contribution < -0.4 is 5.32 Å². The molecule has 0 saturated carbocycles. The molecule has 20 heavy (non-hydrogen) atoms. The van der Waals surface area contributed by atoms with E-state index < -0.39 is 17.6 Å². The Kier molecular flexibility index (Phi) is 6.46. The maximum absolute atomic E-state index is 14.0. The second kappa shape index (κ2) is 7.62. The number of hydrogen-bond donors (Lipinski definition) is 1. The Morgan fingerprint density at radius 3 is 2.40 bits per heavy atom. The molecule has 0 spiro atoms. The minimum atomic E-state index is -4.65. The third-order valence-electron chi connectivity index (χ3n) is 3.40. The number of unbranched alkanes of at least 4 members (excludes halogenated alkanes) is 3. The number of nitrogens with one attached hydrogen (secondary N) is 1. The van der Waals surface area contributed by atoms with Gasteiger partial charge in [-0.1, -0.05) is 44.7 Å². The Morgan fingerprint density at radius 1 is 1.15 bits per heavy atom. The van der Waals surface area contributed by atoms with Crippen LogP contribution >= 0.6 is 0 Å². The molecule has 0 heterocycles. The van der Waals surface area contributed by atoms with Crippen molar-refractivity contribution in [3.63, 3.8) is 0 Å². The van der Waals surface area contributed by atoms with Crippen molar-refractivity contribution in [2.75, 3.05) is 7.05 Å². The zero-order chi connectivity index (χ0) is 15.2. The molecule has 0 aliphatic rings. The molecule has 0 aliphatic carbocycles. The van der Waals surface area contributed by atoms with Gasteiger partial charge in [0.05, 0.1) is 5.56 Å². The molecule has 0 radical (unpaired) electrons. The lowest BCUT2D eigenvalue weighted by Crippen LogP contribution is -2.20. The van der Waals surface area contributed by atoms with Crippen LogP contribution in [-0.2, 0) is 6.18 Å². The van der Waals surface area contributed by atoms with Crippen LogP contribution in [0, 0.1) is 5.82 Å². The summed E-state index contributed by atoms with van der Waals surface area (Å²) in [6.07, 6.45) is 0.0310. The fourth-order valence-corrected chi connectivity index (χ4v) is 2.27. The van der Waals surface area contributed by atoms with E-state index in [0.717, 1.165) is 31.7 Å². The first-order chi connectivity index (χ1) is 9.41. The molecule has 114 valence electrons. The van der Waals surface area contributed by atoms with E-state index in [-0.39, 0.29) is 11.6 Å². The van der Waals surface area contributed by atoms with E-state index in [1.807, 2.05) is 0 Å². The number of hydrogen-bond acceptors (Lipinski definition) is 1. The molecule has 1 unspecified atom stereocenters. The summed E-state index contributed by atoms with van der Waals surface area (Å²) in [6, 6.07) is 3.08. The molecule has 0 aliphatic heterocycles. The molecule has 0 amide bonds. The van der Waals surface area contributed by atoms with E-state index in [1.54, 1.807) is 7.05 Å². The van der Waals surface area contributed by atoms with Gasteiger partial charge in [0.15, 0.2) is 0 Å². The monoisotopic (exact) mass is 291 g/mol. The van der Waals surface area contributed by atoms with Crippen molar-refractivity contribution in [1.82, 2.24) is 5.32 Å². The quantitative estimate of drug-likeness (QED) is 0.546. The molecule has 0 aromatic heterocycles. The van der Waals surface area contributed by atoms with Crippen molar-refractivity contribution >= 4 is 0 Å². The first kappa shape index (κ1) is 17.0. The van der Waals surface area contributed by atoms with Crippen molar-refractivity contribution in [1.29, 1.82) is 0 Å². The fourth-order valence-electron chi connectivity index (χ4n) is 2.27. The van der Waals surface area contributed by atoms with E-state index >= 15 is 0 Å². The van der Waals surface area contributed by atoms with Gasteiger partial charge >= 0.3 is 6.18 Å². The van der Waals surface area contributed by atoms with Crippen LogP contribution in [0.3, 0.4) is 0 Å². The van der Waals surface area contributed by atoms with Gasteiger partial charge in [0.2, 0.25) is 0 Å². The Morgan fingerprint density at radius 2 is 1.85 bits per heavy atom. The lowest BCUT2D eigenvalue weighted by molar-refractivity contribution is -0.140. The number of rotatable bonds is 7. The topological polar surface area (TPSA) is 12.0 Å². The SMILES string of the molecule is CCCCCCC(NC)c1cccc(C(F)(F)F)c1F. The summed E-state index contributed by atoms with van der Waals surface area (Å²) in [5.41, 5.74) is -1.09. The van der Waals surface area contributed by atoms with Crippen LogP contribution in [-0.4, -0.2) is 7.05 Å². The van der Waals surface area contributed by atoms with Crippen molar-refractivity contribution in [3.8, 4) is 0 Å². The number of halogens is 4. The van der Waals surface area contributed by atoms with Crippen LogP contribution in [0.2, 0.25) is 0 Å². The van der Waals surface area contributed by atoms with E-state index in [4.69, 9.17) is 0 Å². The zero-order valence-corrected chi connectivity index (χ0v) is 11.9. The zero-order valence-electron chi connectivity index (χ0n) is 11.9. The highest BCUT2D eigenvalue weighted by atomic mass is 19.4. The lowest BCUT2D eigenvalue weighted by Gasteiger charge is -2.19. The predicted molar refractivity (Wildman–Crippen MR) is 72.0 cm³/mol. The second-order valence-electron chi connectivity index (χ2n) is 4.90. The Balaban J connectivity index is 2.87. The molecule has 1 nitrogen and oxygen atoms in total. The average Bonchev–Trinajstić information content (AvgIpc) is 2.38. The summed E-state index contributed by atoms with van der Waals surface area (Å²) in [4.78, 5) is 0. The third-order valence-corrected chi connectivity index (χ3v) is 3.40. The van der Waals surface area contributed by atoms with Crippen molar-refractivity contribution in [2.24, 2.45) is 0 Å². The normalized spacial score (nSPS) is 13.5. The van der Waals surface area contributed by atoms with Gasteiger partial charge in [0.1, 0.15) is 5.82 Å². The lowest BCUT2D eigenvalue weighted by atomic mass is 9.97. The highest BCUT2D eigenvalue weighted by Gasteiger charge is 2.35. The van der Waals surface area contributed by atoms with Gasteiger partial charge in [-0.2, -0.15) is 13.2 Å². The maximum atomic E-state index is 14.0. The first-order valence-electron chi connectivity index (χ1n) is 6.94. The summed E-state index contributed by atoms with van der Waals surface area (Å²) in [5.74, 6) is -1.16. The summed E-state index contributed by atoms with van der Waals surface area (Å²) in [6.45, 7) is 2.09. The van der Waals surface area contributed by atoms with Gasteiger partial charge in [-0.05, 0) is 19.5 Å². The summed E-state index contributed by atoms with van der Waals surface area (Å²) in [7, 11) is 1.64. The van der Waals surface area contributed by atoms with Gasteiger partial charge in [0.25, 0.3) is 0 Å². The van der Waals surface area contributed by atoms with Crippen molar-refractivity contribution in [2.45, 2.75) is 51.2 Å². The minimum Gasteiger partial charge on any atom is -0.313 e. The molecule has 1 N–H and O–H groups in total. The molecule has 0 fully saturated rings. The minimum absolute atomic E-state index is 0.0961. The molecule has 0 saturated heterocycles. The molecule has 1 rings (SSSR count). The van der Waals surface area contributed by atoms with Gasteiger partial charge in [0, 0.05) is 11.6 Å². The molecule has 1 aromatic carbocycles. The van der Waals surface area contributed by atoms with Gasteiger partial charge < -0.3 is 5.32 Å². The van der Waals surface area contributed by atoms with Gasteiger partial charge in [-0.25, -0.2) is 4.39 Å². The second-order valence-corrected chi connectivity index (χ2v) is 4.90. The van der Waals surface area contributed by atoms with Crippen LogP contribution in [0.25, 0.3) is 0 Å². The Hall–Kier alpha value is -1.10. The maximum Gasteiger partial charge on any atom is 0.419 e. The highest BCUT2D eigenvalue weighted by molar-refractivity contribution is 5.30. The van der Waals surface area contributed by atoms with E-state index in [2.05, 4.69) is 12.2 Å². The van der Waals surface area contributed by atoms with E-state index in [9.17, 15) is 17.6 Å². The summed E-state index contributed by atoms with van der Waals surface area (Å²) in [5, 5.41) is 2.91. The van der Waals surface area contributed by atoms with Crippen LogP contribution in [0.15, 0.2) is 18.2 Å². The number of alkyl halides is 3. The molecular weight excluding hydrogens is 270 g/mol. The molecule has 1 aromatic rings. The first-order valence-corrected chi connectivity index (χ1v) is 6.94. The predicted octanol–water partition coefficient (Wildman–Crippen LogP) is 5.08. The van der Waals surface area contributed by atoms with Crippen molar-refractivity contribution < 1.29 is 17.6 Å². The molecular formula is C15H21F4N. The van der Waals surface area contributed by atoms with E-state index in [1.165, 1.54) is 12.1 Å². The summed E-state index contributed by atoms with van der Waals surface area (Å²) >= 11 is 0. The fraction of sp³-hybridized carbons (Fsp3) is 0.600. The van der Waals surface area contributed by atoms with Crippen LogP contribution in [0.5, 0.6) is 0 Å². The molecule has 1 atom stereocenters. The summed E-state index contributed by atoms with van der Waals surface area (Å²) < 4.78 is 52.1. The van der Waals surface area contributed by atoms with Gasteiger partial charge in [-0.15, -0.1) is 0 Å². The third kappa shape index (κ3) is 4.47. The van der Waals surface area contributed by atoms with Crippen LogP contribution in [0.4, 0.5) is 17.6 Å². The standard InChI is InChI=1S/C15H21F4N/c1-3-4-5-6-10-13(20-2)11-8-7-9-12(14(11)16)15(17,18)19/h7-9,13,20H,3-6,10H2,1-2H3. The highest BCUT2D eigenvalue weighted by Crippen LogP contribution is 2.34. The number of benzene rings is 1. The molecule has 5 heteroatoms. The van der Waals surface area contributed by atoms with Crippen LogP contribution in [0.1, 0.15) is 56.2 Å². The smallest absolute Gasteiger partial charge is 0.313 e. The van der Waals surface area contributed by atoms with Gasteiger partial charge in [-0.3, -0.25) is 0 Å². The largest absolute Gasteiger partial charge is 0.419 e. The Labute approximate surface area is 117 Å². The average molecular weight is 291 g/mol. The molecule has 0 bridgehead atoms. The van der Waals surface area contributed by atoms with E-state index in [0.29, 0.717) is 6.42 Å². The Bertz CT molecular complexity index is 415. The van der Waals surface area contributed by atoms with Crippen molar-refractivity contribution in [3.05, 3.63) is 35.1 Å².